The molecule has 1 aromatic carbocycles. The Morgan fingerprint density at radius 2 is 1.95 bits per heavy atom. The van der Waals surface area contributed by atoms with Crippen LogP contribution in [0, 0.1) is 5.95 Å². The zero-order valence-corrected chi connectivity index (χ0v) is 11.1. The zero-order chi connectivity index (χ0) is 13.8. The standard InChI is InChI=1S/C16H17FN2O/c17-15-7-4-8-16(19-15)18-13-9-10-20-14(11-13)12-5-2-1-3-6-12/h1-8,13-14H,9-11H2,(H,18,19). The molecule has 0 bridgehead atoms. The molecule has 1 fully saturated rings. The van der Waals surface area contributed by atoms with Gasteiger partial charge in [-0.05, 0) is 30.5 Å². The lowest BCUT2D eigenvalue weighted by Gasteiger charge is -2.30. The molecule has 1 saturated heterocycles. The van der Waals surface area contributed by atoms with Gasteiger partial charge in [0.2, 0.25) is 5.95 Å². The molecule has 1 N–H and O–H groups in total. The molecule has 3 rings (SSSR count). The molecule has 0 radical (unpaired) electrons. The fourth-order valence-electron chi connectivity index (χ4n) is 2.53. The maximum absolute atomic E-state index is 13.1. The van der Waals surface area contributed by atoms with E-state index in [1.807, 2.05) is 18.2 Å². The molecule has 0 amide bonds. The number of rotatable bonds is 3. The molecule has 3 nitrogen and oxygen atoms in total. The third-order valence-electron chi connectivity index (χ3n) is 3.52. The number of anilines is 1. The smallest absolute Gasteiger partial charge is 0.214 e. The first kappa shape index (κ1) is 13.1. The molecule has 4 heteroatoms. The molecule has 2 aromatic rings. The summed E-state index contributed by atoms with van der Waals surface area (Å²) in [5, 5.41) is 3.29. The molecular weight excluding hydrogens is 255 g/mol. The van der Waals surface area contributed by atoms with Gasteiger partial charge in [0, 0.05) is 12.6 Å². The van der Waals surface area contributed by atoms with E-state index in [-0.39, 0.29) is 12.1 Å². The number of nitrogens with zero attached hydrogens (tertiary/aromatic N) is 1. The van der Waals surface area contributed by atoms with Gasteiger partial charge in [-0.15, -0.1) is 0 Å². The van der Waals surface area contributed by atoms with Gasteiger partial charge in [-0.25, -0.2) is 4.98 Å². The summed E-state index contributed by atoms with van der Waals surface area (Å²) in [6.45, 7) is 0.701. The minimum absolute atomic E-state index is 0.0935. The molecule has 2 unspecified atom stereocenters. The Labute approximate surface area is 117 Å². The van der Waals surface area contributed by atoms with Crippen molar-refractivity contribution in [3.63, 3.8) is 0 Å². The summed E-state index contributed by atoms with van der Waals surface area (Å²) in [4.78, 5) is 3.85. The average molecular weight is 272 g/mol. The monoisotopic (exact) mass is 272 g/mol. The minimum atomic E-state index is -0.457. The van der Waals surface area contributed by atoms with Crippen molar-refractivity contribution in [2.24, 2.45) is 0 Å². The summed E-state index contributed by atoms with van der Waals surface area (Å²) in [6.07, 6.45) is 1.86. The number of hydrogen-bond donors (Lipinski definition) is 1. The van der Waals surface area contributed by atoms with Gasteiger partial charge in [0.1, 0.15) is 5.82 Å². The van der Waals surface area contributed by atoms with Crippen molar-refractivity contribution in [1.29, 1.82) is 0 Å². The van der Waals surface area contributed by atoms with Gasteiger partial charge in [-0.1, -0.05) is 36.4 Å². The Morgan fingerprint density at radius 1 is 1.10 bits per heavy atom. The highest BCUT2D eigenvalue weighted by atomic mass is 19.1. The lowest BCUT2D eigenvalue weighted by atomic mass is 9.97. The van der Waals surface area contributed by atoms with E-state index in [1.54, 1.807) is 12.1 Å². The number of hydrogen-bond acceptors (Lipinski definition) is 3. The molecule has 2 heterocycles. The second-order valence-corrected chi connectivity index (χ2v) is 4.98. The quantitative estimate of drug-likeness (QED) is 0.868. The Hall–Kier alpha value is -1.94. The zero-order valence-electron chi connectivity index (χ0n) is 11.1. The number of aromatic nitrogens is 1. The van der Waals surface area contributed by atoms with Gasteiger partial charge in [-0.2, -0.15) is 4.39 Å². The van der Waals surface area contributed by atoms with Crippen molar-refractivity contribution in [3.8, 4) is 0 Å². The summed E-state index contributed by atoms with van der Waals surface area (Å²) in [7, 11) is 0. The maximum Gasteiger partial charge on any atom is 0.214 e. The van der Waals surface area contributed by atoms with E-state index < -0.39 is 5.95 Å². The predicted octanol–water partition coefficient (Wildman–Crippen LogP) is 3.55. The van der Waals surface area contributed by atoms with Crippen LogP contribution in [-0.4, -0.2) is 17.6 Å². The maximum atomic E-state index is 13.1. The van der Waals surface area contributed by atoms with Gasteiger partial charge >= 0.3 is 0 Å². The van der Waals surface area contributed by atoms with Crippen LogP contribution in [0.1, 0.15) is 24.5 Å². The topological polar surface area (TPSA) is 34.1 Å². The fourth-order valence-corrected chi connectivity index (χ4v) is 2.53. The average Bonchev–Trinajstić information content (AvgIpc) is 2.48. The minimum Gasteiger partial charge on any atom is -0.373 e. The van der Waals surface area contributed by atoms with E-state index in [0.29, 0.717) is 12.4 Å². The molecule has 20 heavy (non-hydrogen) atoms. The first-order valence-corrected chi connectivity index (χ1v) is 6.87. The van der Waals surface area contributed by atoms with E-state index in [0.717, 1.165) is 12.8 Å². The Morgan fingerprint density at radius 3 is 2.75 bits per heavy atom. The van der Waals surface area contributed by atoms with Crippen LogP contribution in [-0.2, 0) is 4.74 Å². The van der Waals surface area contributed by atoms with Crippen LogP contribution < -0.4 is 5.32 Å². The van der Waals surface area contributed by atoms with Gasteiger partial charge < -0.3 is 10.1 Å². The summed E-state index contributed by atoms with van der Waals surface area (Å²) < 4.78 is 18.9. The second kappa shape index (κ2) is 6.01. The third-order valence-corrected chi connectivity index (χ3v) is 3.52. The van der Waals surface area contributed by atoms with Crippen molar-refractivity contribution in [2.45, 2.75) is 25.0 Å². The molecule has 0 spiro atoms. The molecular formula is C16H17FN2O. The highest BCUT2D eigenvalue weighted by molar-refractivity contribution is 5.35. The molecule has 1 aliphatic heterocycles. The number of benzene rings is 1. The predicted molar refractivity (Wildman–Crippen MR) is 76.0 cm³/mol. The third kappa shape index (κ3) is 3.14. The number of nitrogens with one attached hydrogen (secondary N) is 1. The largest absolute Gasteiger partial charge is 0.373 e. The Bertz CT molecular complexity index is 561. The van der Waals surface area contributed by atoms with Crippen LogP contribution in [0.2, 0.25) is 0 Å². The van der Waals surface area contributed by atoms with E-state index >= 15 is 0 Å². The van der Waals surface area contributed by atoms with Crippen molar-refractivity contribution in [1.82, 2.24) is 4.98 Å². The highest BCUT2D eigenvalue weighted by Gasteiger charge is 2.23. The fraction of sp³-hybridized carbons (Fsp3) is 0.312. The van der Waals surface area contributed by atoms with E-state index in [2.05, 4.69) is 22.4 Å². The van der Waals surface area contributed by atoms with Crippen molar-refractivity contribution >= 4 is 5.82 Å². The second-order valence-electron chi connectivity index (χ2n) is 4.98. The van der Waals surface area contributed by atoms with Crippen molar-refractivity contribution < 1.29 is 9.13 Å². The van der Waals surface area contributed by atoms with Gasteiger partial charge in [0.15, 0.2) is 0 Å². The summed E-state index contributed by atoms with van der Waals surface area (Å²) in [5.41, 5.74) is 1.19. The first-order chi connectivity index (χ1) is 9.81. The normalized spacial score (nSPS) is 22.4. The summed E-state index contributed by atoms with van der Waals surface area (Å²) in [5.74, 6) is 0.130. The summed E-state index contributed by atoms with van der Waals surface area (Å²) in [6, 6.07) is 15.2. The lowest BCUT2D eigenvalue weighted by Crippen LogP contribution is -2.30. The molecule has 104 valence electrons. The van der Waals surface area contributed by atoms with E-state index in [4.69, 9.17) is 4.74 Å². The Kier molecular flexibility index (Phi) is 3.92. The van der Waals surface area contributed by atoms with Crippen LogP contribution in [0.4, 0.5) is 10.2 Å². The molecule has 1 aliphatic rings. The van der Waals surface area contributed by atoms with Gasteiger partial charge in [-0.3, -0.25) is 0 Å². The Balaban J connectivity index is 1.66. The van der Waals surface area contributed by atoms with Crippen molar-refractivity contribution in [2.75, 3.05) is 11.9 Å². The first-order valence-electron chi connectivity index (χ1n) is 6.87. The highest BCUT2D eigenvalue weighted by Crippen LogP contribution is 2.29. The number of ether oxygens (including phenoxy) is 1. The van der Waals surface area contributed by atoms with Crippen LogP contribution in [0.5, 0.6) is 0 Å². The van der Waals surface area contributed by atoms with E-state index in [1.165, 1.54) is 11.6 Å². The molecule has 0 aliphatic carbocycles. The number of pyridine rings is 1. The van der Waals surface area contributed by atoms with E-state index in [9.17, 15) is 4.39 Å². The van der Waals surface area contributed by atoms with Gasteiger partial charge in [0.25, 0.3) is 0 Å². The molecule has 0 saturated carbocycles. The lowest BCUT2D eigenvalue weighted by molar-refractivity contribution is 0.00974. The van der Waals surface area contributed by atoms with Crippen LogP contribution in [0.25, 0.3) is 0 Å². The van der Waals surface area contributed by atoms with Crippen molar-refractivity contribution in [3.05, 3.63) is 60.0 Å². The van der Waals surface area contributed by atoms with Gasteiger partial charge in [0.05, 0.1) is 6.10 Å². The van der Waals surface area contributed by atoms with Crippen LogP contribution in [0.3, 0.4) is 0 Å². The van der Waals surface area contributed by atoms with Crippen LogP contribution >= 0.6 is 0 Å². The summed E-state index contributed by atoms with van der Waals surface area (Å²) >= 11 is 0. The molecule has 1 aromatic heterocycles. The van der Waals surface area contributed by atoms with Crippen LogP contribution in [0.15, 0.2) is 48.5 Å². The molecule has 2 atom stereocenters. The number of halogens is 1. The SMILES string of the molecule is Fc1cccc(NC2CCOC(c3ccccc3)C2)n1.